The normalized spacial score (nSPS) is 16.5. The van der Waals surface area contributed by atoms with Crippen molar-refractivity contribution in [1.29, 1.82) is 0 Å². The van der Waals surface area contributed by atoms with E-state index >= 15 is 0 Å². The van der Waals surface area contributed by atoms with Gasteiger partial charge in [0, 0.05) is 6.54 Å². The molecule has 0 aliphatic carbocycles. The predicted molar refractivity (Wildman–Crippen MR) is 79.5 cm³/mol. The first-order valence-electron chi connectivity index (χ1n) is 7.71. The highest BCUT2D eigenvalue weighted by atomic mass is 16.7. The van der Waals surface area contributed by atoms with Crippen LogP contribution in [0.4, 0.5) is 0 Å². The zero-order valence-corrected chi connectivity index (χ0v) is 13.2. The molecule has 9 nitrogen and oxygen atoms in total. The minimum Gasteiger partial charge on any atom is -0.479 e. The van der Waals surface area contributed by atoms with Crippen LogP contribution in [0.15, 0.2) is 0 Å². The molecule has 0 heterocycles. The topological polar surface area (TPSA) is 157 Å². The lowest BCUT2D eigenvalue weighted by Crippen LogP contribution is -2.52. The molecule has 0 aliphatic rings. The lowest BCUT2D eigenvalue weighted by atomic mass is 10.0. The van der Waals surface area contributed by atoms with Crippen molar-refractivity contribution in [1.82, 2.24) is 5.48 Å². The quantitative estimate of drug-likeness (QED) is 0.181. The molecule has 0 bridgehead atoms. The number of hydrogen-bond acceptors (Lipinski definition) is 7. The number of aliphatic hydroxyl groups excluding tert-OH is 3. The Balaban J connectivity index is 4.16. The first-order chi connectivity index (χ1) is 10.8. The molecule has 0 saturated heterocycles. The molecule has 0 saturated carbocycles. The second-order valence-corrected chi connectivity index (χ2v) is 5.30. The molecule has 0 aromatic heterocycles. The van der Waals surface area contributed by atoms with E-state index in [1.54, 1.807) is 0 Å². The summed E-state index contributed by atoms with van der Waals surface area (Å²) in [5.41, 5.74) is 2.38. The van der Waals surface area contributed by atoms with Crippen LogP contribution in [0.25, 0.3) is 0 Å². The molecule has 4 atom stereocenters. The number of carboxylic acid groups (broad SMARTS) is 2. The van der Waals surface area contributed by atoms with E-state index in [0.29, 0.717) is 6.54 Å². The molecule has 23 heavy (non-hydrogen) atoms. The molecule has 0 spiro atoms. The summed E-state index contributed by atoms with van der Waals surface area (Å²) in [6.07, 6.45) is -2.32. The van der Waals surface area contributed by atoms with Crippen LogP contribution in [-0.4, -0.2) is 68.4 Å². The van der Waals surface area contributed by atoms with Gasteiger partial charge in [-0.2, -0.15) is 0 Å². The molecule has 0 radical (unpaired) electrons. The third kappa shape index (κ3) is 8.82. The van der Waals surface area contributed by atoms with Crippen LogP contribution < -0.4 is 5.48 Å². The summed E-state index contributed by atoms with van der Waals surface area (Å²) >= 11 is 0. The van der Waals surface area contributed by atoms with Crippen LogP contribution in [0.1, 0.15) is 45.4 Å². The van der Waals surface area contributed by atoms with E-state index in [1.807, 2.05) is 0 Å². The molecule has 136 valence electrons. The molecule has 0 unspecified atom stereocenters. The van der Waals surface area contributed by atoms with E-state index in [9.17, 15) is 19.8 Å². The second kappa shape index (κ2) is 12.2. The standard InChI is InChI=1S/C14H27NO8/c1-2-3-4-5-6-7-8-15-23-12(14(21)22)10(17)9(16)11(18)13(19)20/h9-12,15-18H,2-8H2,1H3,(H,19,20)(H,21,22)/t9-,10-,11-,12+/m0/s1. The highest BCUT2D eigenvalue weighted by Gasteiger charge is 2.39. The highest BCUT2D eigenvalue weighted by molar-refractivity contribution is 5.75. The van der Waals surface area contributed by atoms with Crippen molar-refractivity contribution in [2.24, 2.45) is 0 Å². The van der Waals surface area contributed by atoms with E-state index in [1.165, 1.54) is 6.42 Å². The Bertz CT molecular complexity index is 352. The maximum atomic E-state index is 11.0. The van der Waals surface area contributed by atoms with Gasteiger partial charge >= 0.3 is 11.9 Å². The largest absolute Gasteiger partial charge is 0.479 e. The number of nitrogens with one attached hydrogen (secondary N) is 1. The highest BCUT2D eigenvalue weighted by Crippen LogP contribution is 2.09. The Kier molecular flexibility index (Phi) is 11.5. The van der Waals surface area contributed by atoms with Crippen molar-refractivity contribution in [2.45, 2.75) is 69.9 Å². The fourth-order valence-corrected chi connectivity index (χ4v) is 1.90. The molecule has 6 N–H and O–H groups in total. The number of hydrogen-bond donors (Lipinski definition) is 6. The lowest BCUT2D eigenvalue weighted by Gasteiger charge is -2.25. The number of aliphatic hydroxyl groups is 3. The first kappa shape index (κ1) is 21.7. The first-order valence-corrected chi connectivity index (χ1v) is 7.71. The van der Waals surface area contributed by atoms with Gasteiger partial charge in [0.05, 0.1) is 0 Å². The number of unbranched alkanes of at least 4 members (excludes halogenated alkanes) is 5. The Hall–Kier alpha value is -1.26. The SMILES string of the molecule is CCCCCCCCNO[C@@H](C(=O)O)[C@@H](O)[C@H](O)[C@H](O)C(=O)O. The molecule has 0 aliphatic heterocycles. The average Bonchev–Trinajstić information content (AvgIpc) is 2.50. The smallest absolute Gasteiger partial charge is 0.337 e. The number of carboxylic acids is 2. The summed E-state index contributed by atoms with van der Waals surface area (Å²) in [6, 6.07) is 0. The van der Waals surface area contributed by atoms with Gasteiger partial charge in [-0.3, -0.25) is 4.84 Å². The maximum absolute atomic E-state index is 11.0. The van der Waals surface area contributed by atoms with Crippen LogP contribution in [0.2, 0.25) is 0 Å². The summed E-state index contributed by atoms with van der Waals surface area (Å²) in [5.74, 6) is -3.37. The number of hydroxylamine groups is 1. The van der Waals surface area contributed by atoms with Crippen LogP contribution in [0.5, 0.6) is 0 Å². The van der Waals surface area contributed by atoms with Crippen LogP contribution in [0, 0.1) is 0 Å². The van der Waals surface area contributed by atoms with Gasteiger partial charge in [-0.25, -0.2) is 15.1 Å². The molecule has 9 heteroatoms. The Labute approximate surface area is 134 Å². The van der Waals surface area contributed by atoms with Crippen molar-refractivity contribution < 1.29 is 40.0 Å². The number of aliphatic carboxylic acids is 2. The third-order valence-corrected chi connectivity index (χ3v) is 3.32. The molecule has 0 amide bonds. The number of carbonyl (C=O) groups is 2. The van der Waals surface area contributed by atoms with Gasteiger partial charge in [-0.05, 0) is 6.42 Å². The average molecular weight is 337 g/mol. The molecular weight excluding hydrogens is 310 g/mol. The van der Waals surface area contributed by atoms with Crippen molar-refractivity contribution >= 4 is 11.9 Å². The number of rotatable bonds is 14. The fraction of sp³-hybridized carbons (Fsp3) is 0.857. The van der Waals surface area contributed by atoms with E-state index in [4.69, 9.17) is 20.2 Å². The monoisotopic (exact) mass is 337 g/mol. The van der Waals surface area contributed by atoms with Gasteiger partial charge in [0.1, 0.15) is 12.2 Å². The van der Waals surface area contributed by atoms with Gasteiger partial charge in [0.15, 0.2) is 6.10 Å². The zero-order valence-electron chi connectivity index (χ0n) is 13.2. The Morgan fingerprint density at radius 2 is 1.48 bits per heavy atom. The van der Waals surface area contributed by atoms with Crippen LogP contribution in [0.3, 0.4) is 0 Å². The Morgan fingerprint density at radius 3 is 2.00 bits per heavy atom. The summed E-state index contributed by atoms with van der Waals surface area (Å²) < 4.78 is 0. The second-order valence-electron chi connectivity index (χ2n) is 5.30. The van der Waals surface area contributed by atoms with Crippen molar-refractivity contribution in [3.63, 3.8) is 0 Å². The summed E-state index contributed by atoms with van der Waals surface area (Å²) in [6.45, 7) is 2.46. The van der Waals surface area contributed by atoms with Crippen molar-refractivity contribution in [2.75, 3.05) is 6.54 Å². The van der Waals surface area contributed by atoms with Crippen LogP contribution in [-0.2, 0) is 14.4 Å². The zero-order chi connectivity index (χ0) is 17.8. The molecular formula is C14H27NO8. The minimum atomic E-state index is -2.31. The predicted octanol–water partition coefficient (Wildman–Crippen LogP) is -0.511. The molecule has 0 aromatic rings. The van der Waals surface area contributed by atoms with E-state index in [0.717, 1.165) is 32.1 Å². The maximum Gasteiger partial charge on any atom is 0.337 e. The van der Waals surface area contributed by atoms with Crippen molar-refractivity contribution in [3.05, 3.63) is 0 Å². The van der Waals surface area contributed by atoms with Gasteiger partial charge in [-0.15, -0.1) is 0 Å². The lowest BCUT2D eigenvalue weighted by molar-refractivity contribution is -0.186. The van der Waals surface area contributed by atoms with Crippen LogP contribution >= 0.6 is 0 Å². The molecule has 0 fully saturated rings. The Morgan fingerprint density at radius 1 is 0.913 bits per heavy atom. The molecule has 0 aromatic carbocycles. The van der Waals surface area contributed by atoms with Crippen molar-refractivity contribution in [3.8, 4) is 0 Å². The third-order valence-electron chi connectivity index (χ3n) is 3.32. The van der Waals surface area contributed by atoms with Gasteiger partial charge in [0.25, 0.3) is 0 Å². The van der Waals surface area contributed by atoms with Gasteiger partial charge in [-0.1, -0.05) is 39.0 Å². The van der Waals surface area contributed by atoms with E-state index in [2.05, 4.69) is 12.4 Å². The molecule has 0 rings (SSSR count). The minimum absolute atomic E-state index is 0.347. The van der Waals surface area contributed by atoms with E-state index < -0.39 is 36.4 Å². The fourth-order valence-electron chi connectivity index (χ4n) is 1.90. The van der Waals surface area contributed by atoms with Gasteiger partial charge in [0.2, 0.25) is 6.10 Å². The van der Waals surface area contributed by atoms with Gasteiger partial charge < -0.3 is 25.5 Å². The summed E-state index contributed by atoms with van der Waals surface area (Å²) in [5, 5.41) is 45.7. The van der Waals surface area contributed by atoms with E-state index in [-0.39, 0.29) is 0 Å². The summed E-state index contributed by atoms with van der Waals surface area (Å²) in [7, 11) is 0. The summed E-state index contributed by atoms with van der Waals surface area (Å²) in [4.78, 5) is 26.3.